The van der Waals surface area contributed by atoms with E-state index in [0.717, 1.165) is 12.0 Å². The average Bonchev–Trinajstić information content (AvgIpc) is 3.05. The van der Waals surface area contributed by atoms with Crippen LogP contribution in [0, 0.1) is 11.7 Å². The molecule has 0 radical (unpaired) electrons. The Morgan fingerprint density at radius 2 is 1.94 bits per heavy atom. The van der Waals surface area contributed by atoms with Crippen LogP contribution >= 0.6 is 0 Å². The lowest BCUT2D eigenvalue weighted by molar-refractivity contribution is 0.286. The molecule has 2 N–H and O–H groups in total. The minimum Gasteiger partial charge on any atom is -0.324 e. The van der Waals surface area contributed by atoms with E-state index >= 15 is 0 Å². The van der Waals surface area contributed by atoms with Crippen LogP contribution in [0.25, 0.3) is 0 Å². The summed E-state index contributed by atoms with van der Waals surface area (Å²) in [5.74, 6) is 0.909. The summed E-state index contributed by atoms with van der Waals surface area (Å²) < 4.78 is 13.2. The zero-order valence-corrected chi connectivity index (χ0v) is 10.2. The Balaban J connectivity index is 1.75. The molecule has 2 fully saturated rings. The van der Waals surface area contributed by atoms with E-state index in [2.05, 4.69) is 0 Å². The van der Waals surface area contributed by atoms with Crippen LogP contribution in [0.3, 0.4) is 0 Å². The molecule has 2 atom stereocenters. The van der Waals surface area contributed by atoms with Gasteiger partial charge >= 0.3 is 0 Å². The van der Waals surface area contributed by atoms with E-state index in [1.807, 2.05) is 6.07 Å². The monoisotopic (exact) mass is 233 g/mol. The van der Waals surface area contributed by atoms with E-state index in [9.17, 15) is 4.39 Å². The van der Waals surface area contributed by atoms with E-state index in [1.165, 1.54) is 38.2 Å². The Labute approximate surface area is 102 Å². The van der Waals surface area contributed by atoms with Crippen LogP contribution in [0.2, 0.25) is 0 Å². The van der Waals surface area contributed by atoms with Crippen molar-refractivity contribution in [1.82, 2.24) is 0 Å². The van der Waals surface area contributed by atoms with Crippen LogP contribution in [0.4, 0.5) is 4.39 Å². The molecule has 0 aliphatic heterocycles. The number of rotatable bonds is 2. The molecule has 0 bridgehead atoms. The number of hydrogen-bond acceptors (Lipinski definition) is 1. The number of benzene rings is 1. The fourth-order valence-electron chi connectivity index (χ4n) is 3.54. The van der Waals surface area contributed by atoms with Crippen molar-refractivity contribution in [2.75, 3.05) is 0 Å². The quantitative estimate of drug-likeness (QED) is 0.830. The predicted molar refractivity (Wildman–Crippen MR) is 67.3 cm³/mol. The molecule has 17 heavy (non-hydrogen) atoms. The van der Waals surface area contributed by atoms with Gasteiger partial charge in [0.05, 0.1) is 0 Å². The van der Waals surface area contributed by atoms with Gasteiger partial charge in [-0.2, -0.15) is 0 Å². The molecule has 0 aromatic heterocycles. The van der Waals surface area contributed by atoms with Gasteiger partial charge in [0.2, 0.25) is 0 Å². The maximum absolute atomic E-state index is 13.2. The summed E-state index contributed by atoms with van der Waals surface area (Å²) in [6.07, 6.45) is 7.57. The van der Waals surface area contributed by atoms with Gasteiger partial charge in [-0.3, -0.25) is 0 Å². The van der Waals surface area contributed by atoms with Crippen molar-refractivity contribution < 1.29 is 4.39 Å². The van der Waals surface area contributed by atoms with Crippen molar-refractivity contribution in [2.24, 2.45) is 11.7 Å². The maximum atomic E-state index is 13.2. The first-order chi connectivity index (χ1) is 8.20. The van der Waals surface area contributed by atoms with E-state index in [4.69, 9.17) is 5.73 Å². The van der Waals surface area contributed by atoms with Gasteiger partial charge in [0, 0.05) is 11.5 Å². The smallest absolute Gasteiger partial charge is 0.123 e. The third-order valence-corrected chi connectivity index (χ3v) is 4.66. The average molecular weight is 233 g/mol. The first-order valence-corrected chi connectivity index (χ1v) is 6.74. The van der Waals surface area contributed by atoms with Crippen molar-refractivity contribution in [3.63, 3.8) is 0 Å². The van der Waals surface area contributed by atoms with Gasteiger partial charge in [0.25, 0.3) is 0 Å². The van der Waals surface area contributed by atoms with Crippen LogP contribution in [0.1, 0.15) is 50.0 Å². The second-order valence-electron chi connectivity index (χ2n) is 5.76. The molecule has 0 amide bonds. The van der Waals surface area contributed by atoms with E-state index in [0.29, 0.717) is 11.8 Å². The van der Waals surface area contributed by atoms with E-state index < -0.39 is 0 Å². The molecule has 1 aromatic rings. The Morgan fingerprint density at radius 3 is 2.65 bits per heavy atom. The minimum atomic E-state index is -0.139. The topological polar surface area (TPSA) is 26.0 Å². The Bertz CT molecular complexity index is 411. The van der Waals surface area contributed by atoms with Gasteiger partial charge in [-0.05, 0) is 42.9 Å². The molecule has 1 nitrogen and oxygen atoms in total. The highest BCUT2D eigenvalue weighted by Gasteiger charge is 2.56. The molecule has 2 aliphatic carbocycles. The summed E-state index contributed by atoms with van der Waals surface area (Å²) in [4.78, 5) is 0. The lowest BCUT2D eigenvalue weighted by Crippen LogP contribution is -2.35. The molecule has 3 rings (SSSR count). The third-order valence-electron chi connectivity index (χ3n) is 4.66. The molecule has 0 saturated heterocycles. The van der Waals surface area contributed by atoms with Crippen molar-refractivity contribution in [3.05, 3.63) is 35.6 Å². The molecule has 92 valence electrons. The minimum absolute atomic E-state index is 0.0335. The summed E-state index contributed by atoms with van der Waals surface area (Å²) in [5.41, 5.74) is 7.59. The van der Waals surface area contributed by atoms with Gasteiger partial charge in [-0.25, -0.2) is 4.39 Å². The lowest BCUT2D eigenvalue weighted by Gasteiger charge is -2.28. The van der Waals surface area contributed by atoms with Crippen LogP contribution in [0.15, 0.2) is 24.3 Å². The largest absolute Gasteiger partial charge is 0.324 e. The highest BCUT2D eigenvalue weighted by atomic mass is 19.1. The van der Waals surface area contributed by atoms with Crippen LogP contribution in [-0.2, 0) is 0 Å². The molecular formula is C15H20FN. The SMILES string of the molecule is NC1(C2CCCCC2)CC1c1cccc(F)c1. The molecule has 1 aromatic carbocycles. The zero-order chi connectivity index (χ0) is 11.9. The second-order valence-corrected chi connectivity index (χ2v) is 5.76. The van der Waals surface area contributed by atoms with Gasteiger partial charge in [-0.1, -0.05) is 31.4 Å². The van der Waals surface area contributed by atoms with Gasteiger partial charge in [-0.15, -0.1) is 0 Å². The third kappa shape index (κ3) is 1.99. The van der Waals surface area contributed by atoms with Gasteiger partial charge in [0.15, 0.2) is 0 Å². The summed E-state index contributed by atoms with van der Waals surface area (Å²) in [6, 6.07) is 6.97. The number of halogens is 1. The number of hydrogen-bond donors (Lipinski definition) is 1. The summed E-state index contributed by atoms with van der Waals surface area (Å²) in [6.45, 7) is 0. The predicted octanol–water partition coefficient (Wildman–Crippen LogP) is 3.59. The fraction of sp³-hybridized carbons (Fsp3) is 0.600. The molecule has 0 spiro atoms. The molecule has 2 aliphatic rings. The summed E-state index contributed by atoms with van der Waals surface area (Å²) in [7, 11) is 0. The molecule has 0 heterocycles. The molecular weight excluding hydrogens is 213 g/mol. The Hall–Kier alpha value is -0.890. The fourth-order valence-corrected chi connectivity index (χ4v) is 3.54. The number of nitrogens with two attached hydrogens (primary N) is 1. The summed E-state index contributed by atoms with van der Waals surface area (Å²) in [5, 5.41) is 0. The van der Waals surface area contributed by atoms with Crippen molar-refractivity contribution in [2.45, 2.75) is 50.0 Å². The second kappa shape index (κ2) is 4.09. The molecule has 2 heteroatoms. The van der Waals surface area contributed by atoms with Crippen LogP contribution < -0.4 is 5.73 Å². The lowest BCUT2D eigenvalue weighted by atomic mass is 9.81. The highest BCUT2D eigenvalue weighted by Crippen LogP contribution is 2.57. The maximum Gasteiger partial charge on any atom is 0.123 e. The first kappa shape index (κ1) is 11.2. The standard InChI is InChI=1S/C15H20FN/c16-13-8-4-5-11(9-13)14-10-15(14,17)12-6-2-1-3-7-12/h4-5,8-9,12,14H,1-3,6-7,10,17H2. The van der Waals surface area contributed by atoms with Crippen molar-refractivity contribution >= 4 is 0 Å². The van der Waals surface area contributed by atoms with Gasteiger partial charge in [0.1, 0.15) is 5.82 Å². The van der Waals surface area contributed by atoms with E-state index in [-0.39, 0.29) is 11.4 Å². The molecule has 2 unspecified atom stereocenters. The first-order valence-electron chi connectivity index (χ1n) is 6.74. The van der Waals surface area contributed by atoms with Gasteiger partial charge < -0.3 is 5.73 Å². The van der Waals surface area contributed by atoms with Crippen molar-refractivity contribution in [1.29, 1.82) is 0 Å². The zero-order valence-electron chi connectivity index (χ0n) is 10.2. The van der Waals surface area contributed by atoms with E-state index in [1.54, 1.807) is 12.1 Å². The Kier molecular flexibility index (Phi) is 2.70. The summed E-state index contributed by atoms with van der Waals surface area (Å²) >= 11 is 0. The molecule has 2 saturated carbocycles. The normalized spacial score (nSPS) is 33.6. The van der Waals surface area contributed by atoms with Crippen LogP contribution in [0.5, 0.6) is 0 Å². The Morgan fingerprint density at radius 1 is 1.18 bits per heavy atom. The van der Waals surface area contributed by atoms with Crippen LogP contribution in [-0.4, -0.2) is 5.54 Å². The van der Waals surface area contributed by atoms with Crippen molar-refractivity contribution in [3.8, 4) is 0 Å². The highest BCUT2D eigenvalue weighted by molar-refractivity contribution is 5.34.